The van der Waals surface area contributed by atoms with Crippen LogP contribution in [-0.4, -0.2) is 33.2 Å². The van der Waals surface area contributed by atoms with E-state index in [2.05, 4.69) is 9.97 Å². The predicted octanol–water partition coefficient (Wildman–Crippen LogP) is 0.143. The van der Waals surface area contributed by atoms with Gasteiger partial charge in [0.1, 0.15) is 17.3 Å². The molecular formula is C15H14F3N5O2S. The number of aromatic amines is 1. The number of carbonyl (C=O) groups is 1. The fourth-order valence-corrected chi connectivity index (χ4v) is 3.24. The Hall–Kier alpha value is -2.87. The number of nitrogens with zero attached hydrogens (tertiary/aromatic N) is 3. The maximum Gasteiger partial charge on any atom is 0.405 e. The molecule has 0 unspecified atom stereocenters. The number of nitriles is 1. The van der Waals surface area contributed by atoms with Gasteiger partial charge in [-0.3, -0.25) is 14.2 Å². The van der Waals surface area contributed by atoms with E-state index in [0.717, 1.165) is 17.0 Å². The van der Waals surface area contributed by atoms with Crippen LogP contribution in [0.2, 0.25) is 0 Å². The summed E-state index contributed by atoms with van der Waals surface area (Å²) in [7, 11) is 0. The molecule has 0 bridgehead atoms. The topological polar surface area (TPSA) is 104 Å². The van der Waals surface area contributed by atoms with Crippen molar-refractivity contribution in [2.45, 2.75) is 26.6 Å². The van der Waals surface area contributed by atoms with Gasteiger partial charge in [0.15, 0.2) is 5.57 Å². The monoisotopic (exact) mass is 385 g/mol. The lowest BCUT2D eigenvalue weighted by Crippen LogP contribution is -2.37. The number of H-pyrrole nitrogens is 1. The van der Waals surface area contributed by atoms with Gasteiger partial charge in [0.05, 0.1) is 16.6 Å². The minimum Gasteiger partial charge on any atom is -0.348 e. The molecule has 0 saturated heterocycles. The zero-order chi connectivity index (χ0) is 19.5. The average Bonchev–Trinajstić information content (AvgIpc) is 3.10. The van der Waals surface area contributed by atoms with Gasteiger partial charge in [-0.05, 0) is 19.9 Å². The minimum atomic E-state index is -4.60. The summed E-state index contributed by atoms with van der Waals surface area (Å²) in [5.41, 5.74) is 0.232. The van der Waals surface area contributed by atoms with Crippen molar-refractivity contribution in [2.24, 2.45) is 0 Å². The molecule has 138 valence electrons. The maximum absolute atomic E-state index is 12.5. The molecule has 0 spiro atoms. The van der Waals surface area contributed by atoms with Gasteiger partial charge in [-0.15, -0.1) is 11.3 Å². The van der Waals surface area contributed by atoms with Crippen LogP contribution in [0.15, 0.2) is 11.1 Å². The second-order valence-corrected chi connectivity index (χ2v) is 6.19. The summed E-state index contributed by atoms with van der Waals surface area (Å²) in [6.45, 7) is 1.97. The van der Waals surface area contributed by atoms with Crippen LogP contribution in [0.1, 0.15) is 18.3 Å². The van der Waals surface area contributed by atoms with Crippen LogP contribution in [0, 0.1) is 18.3 Å². The molecule has 0 atom stereocenters. The van der Waals surface area contributed by atoms with Crippen molar-refractivity contribution in [3.8, 4) is 6.07 Å². The van der Waals surface area contributed by atoms with Gasteiger partial charge in [0, 0.05) is 12.2 Å². The van der Waals surface area contributed by atoms with Gasteiger partial charge in [-0.25, -0.2) is 4.98 Å². The largest absolute Gasteiger partial charge is 0.405 e. The molecule has 2 aromatic heterocycles. The summed E-state index contributed by atoms with van der Waals surface area (Å²) in [6.07, 6.45) is -1.66. The molecule has 26 heavy (non-hydrogen) atoms. The van der Waals surface area contributed by atoms with E-state index in [1.165, 1.54) is 17.0 Å². The summed E-state index contributed by atoms with van der Waals surface area (Å²) < 4.78 is 38.2. The number of amides is 1. The summed E-state index contributed by atoms with van der Waals surface area (Å²) in [5, 5.41) is 10.9. The Morgan fingerprint density at radius 3 is 2.73 bits per heavy atom. The first-order valence-corrected chi connectivity index (χ1v) is 8.20. The van der Waals surface area contributed by atoms with Gasteiger partial charge in [-0.2, -0.15) is 18.4 Å². The van der Waals surface area contributed by atoms with Gasteiger partial charge in [-0.1, -0.05) is 0 Å². The molecule has 2 rings (SSSR count). The smallest absolute Gasteiger partial charge is 0.348 e. The lowest BCUT2D eigenvalue weighted by atomic mass is 10.3. The van der Waals surface area contributed by atoms with Crippen molar-refractivity contribution in [1.82, 2.24) is 19.9 Å². The Labute approximate surface area is 149 Å². The normalized spacial score (nSPS) is 13.5. The van der Waals surface area contributed by atoms with Gasteiger partial charge in [0.2, 0.25) is 0 Å². The van der Waals surface area contributed by atoms with Crippen molar-refractivity contribution in [3.05, 3.63) is 37.3 Å². The fraction of sp³-hybridized carbons (Fsp3) is 0.333. The highest BCUT2D eigenvalue weighted by atomic mass is 32.1. The van der Waals surface area contributed by atoms with Gasteiger partial charge < -0.3 is 10.3 Å². The van der Waals surface area contributed by atoms with Crippen LogP contribution in [0.4, 0.5) is 13.2 Å². The van der Waals surface area contributed by atoms with E-state index >= 15 is 0 Å². The summed E-state index contributed by atoms with van der Waals surface area (Å²) in [6, 6.07) is 1.59. The van der Waals surface area contributed by atoms with E-state index in [0.29, 0.717) is 5.69 Å². The van der Waals surface area contributed by atoms with Crippen LogP contribution in [-0.2, 0) is 11.3 Å². The second-order valence-electron chi connectivity index (χ2n) is 5.16. The molecule has 2 heterocycles. The third-order valence-corrected chi connectivity index (χ3v) is 4.49. The Kier molecular flexibility index (Phi) is 5.66. The molecule has 0 aliphatic heterocycles. The molecule has 2 N–H and O–H groups in total. The standard InChI is InChI=1S/C15H14F3N5O2S/c1-3-23-13(25)11(4-10-8(2)21-7-22-10)26-14(23)9(5-19)12(24)20-6-15(16,17)18/h4,7H,3,6H2,1-2H3,(H,20,24)(H,21,22). The molecule has 0 fully saturated rings. The van der Waals surface area contributed by atoms with E-state index in [1.807, 2.05) is 0 Å². The number of alkyl halides is 3. The van der Waals surface area contributed by atoms with Crippen LogP contribution >= 0.6 is 11.3 Å². The summed E-state index contributed by atoms with van der Waals surface area (Å²) in [4.78, 5) is 31.4. The Bertz CT molecular complexity index is 1040. The number of aromatic nitrogens is 3. The molecule has 1 amide bonds. The van der Waals surface area contributed by atoms with E-state index in [1.54, 1.807) is 25.2 Å². The highest BCUT2D eigenvalue weighted by Crippen LogP contribution is 2.12. The third kappa shape index (κ3) is 4.20. The highest BCUT2D eigenvalue weighted by Gasteiger charge is 2.28. The van der Waals surface area contributed by atoms with Gasteiger partial charge >= 0.3 is 6.18 Å². The third-order valence-electron chi connectivity index (χ3n) is 3.36. The first kappa shape index (κ1) is 19.5. The van der Waals surface area contributed by atoms with Crippen LogP contribution in [0.25, 0.3) is 11.6 Å². The van der Waals surface area contributed by atoms with Crippen molar-refractivity contribution < 1.29 is 18.0 Å². The van der Waals surface area contributed by atoms with E-state index in [-0.39, 0.29) is 15.7 Å². The molecule has 0 aliphatic carbocycles. The number of rotatable bonds is 4. The summed E-state index contributed by atoms with van der Waals surface area (Å²) >= 11 is 0.851. The zero-order valence-corrected chi connectivity index (χ0v) is 14.6. The number of carbonyl (C=O) groups excluding carboxylic acids is 1. The average molecular weight is 385 g/mol. The van der Waals surface area contributed by atoms with Crippen LogP contribution in [0.5, 0.6) is 0 Å². The lowest BCUT2D eigenvalue weighted by molar-refractivity contribution is -0.135. The van der Waals surface area contributed by atoms with Crippen molar-refractivity contribution in [2.75, 3.05) is 6.54 Å². The quantitative estimate of drug-likeness (QED) is 0.782. The van der Waals surface area contributed by atoms with Crippen LogP contribution < -0.4 is 20.1 Å². The highest BCUT2D eigenvalue weighted by molar-refractivity contribution is 7.07. The molecule has 2 aromatic rings. The number of aryl methyl sites for hydroxylation is 1. The SMILES string of the molecule is CCn1c(=C(C#N)C(=O)NCC(F)(F)F)sc(=Cc2nc[nH]c2C)c1=O. The maximum atomic E-state index is 12.5. The van der Waals surface area contributed by atoms with Crippen molar-refractivity contribution in [3.63, 3.8) is 0 Å². The summed E-state index contributed by atoms with van der Waals surface area (Å²) in [5.74, 6) is -1.18. The van der Waals surface area contributed by atoms with E-state index in [4.69, 9.17) is 0 Å². The number of hydrogen-bond donors (Lipinski definition) is 2. The first-order chi connectivity index (χ1) is 12.2. The fourth-order valence-electron chi connectivity index (χ4n) is 2.10. The molecular weight excluding hydrogens is 371 g/mol. The molecule has 11 heteroatoms. The van der Waals surface area contributed by atoms with Gasteiger partial charge in [0.25, 0.3) is 11.5 Å². The van der Waals surface area contributed by atoms with Crippen LogP contribution in [0.3, 0.4) is 0 Å². The number of halogens is 3. The number of nitrogens with one attached hydrogen (secondary N) is 2. The number of thiazole rings is 1. The van der Waals surface area contributed by atoms with E-state index < -0.39 is 29.8 Å². The lowest BCUT2D eigenvalue weighted by Gasteiger charge is -2.07. The number of imidazole rings is 1. The second kappa shape index (κ2) is 7.57. The molecule has 0 saturated carbocycles. The molecule has 7 nitrogen and oxygen atoms in total. The zero-order valence-electron chi connectivity index (χ0n) is 13.8. The first-order valence-electron chi connectivity index (χ1n) is 7.38. The minimum absolute atomic E-state index is 0.000821. The Morgan fingerprint density at radius 1 is 1.54 bits per heavy atom. The molecule has 0 aromatic carbocycles. The van der Waals surface area contributed by atoms with Crippen molar-refractivity contribution >= 4 is 28.9 Å². The number of hydrogen-bond acceptors (Lipinski definition) is 5. The predicted molar refractivity (Wildman–Crippen MR) is 88.5 cm³/mol. The Balaban J connectivity index is 2.62. The molecule has 0 aliphatic rings. The molecule has 0 radical (unpaired) electrons. The van der Waals surface area contributed by atoms with Crippen molar-refractivity contribution in [1.29, 1.82) is 5.26 Å². The van der Waals surface area contributed by atoms with E-state index in [9.17, 15) is 28.0 Å². The Morgan fingerprint density at radius 2 is 2.23 bits per heavy atom.